The highest BCUT2D eigenvalue weighted by atomic mass is 15.3. The Labute approximate surface area is 103 Å². The maximum absolute atomic E-state index is 5.72. The maximum Gasteiger partial charge on any atom is 0.230 e. The van der Waals surface area contributed by atoms with Crippen molar-refractivity contribution in [3.8, 4) is 0 Å². The van der Waals surface area contributed by atoms with E-state index < -0.39 is 0 Å². The quantitative estimate of drug-likeness (QED) is 0.786. The van der Waals surface area contributed by atoms with Gasteiger partial charge in [0, 0.05) is 19.5 Å². The van der Waals surface area contributed by atoms with Crippen molar-refractivity contribution < 1.29 is 0 Å². The normalized spacial score (nSPS) is 10.5. The zero-order valence-electron chi connectivity index (χ0n) is 11.1. The topological polar surface area (TPSA) is 67.9 Å². The molecule has 0 aliphatic carbocycles. The van der Waals surface area contributed by atoms with Gasteiger partial charge >= 0.3 is 0 Å². The van der Waals surface area contributed by atoms with Crippen LogP contribution in [0.5, 0.6) is 0 Å². The molecule has 0 aromatic carbocycles. The second kappa shape index (κ2) is 7.04. The third kappa shape index (κ3) is 4.17. The molecular weight excluding hydrogens is 214 g/mol. The summed E-state index contributed by atoms with van der Waals surface area (Å²) in [5.41, 5.74) is 5.72. The summed E-state index contributed by atoms with van der Waals surface area (Å²) in [6.07, 6.45) is 4.18. The lowest BCUT2D eigenvalue weighted by Crippen LogP contribution is -2.27. The molecule has 2 N–H and O–H groups in total. The summed E-state index contributed by atoms with van der Waals surface area (Å²) >= 11 is 0. The zero-order chi connectivity index (χ0) is 12.7. The summed E-state index contributed by atoms with van der Waals surface area (Å²) in [7, 11) is 0. The molecule has 0 spiro atoms. The molecule has 1 aromatic rings. The van der Waals surface area contributed by atoms with E-state index in [4.69, 9.17) is 5.73 Å². The average Bonchev–Trinajstić information content (AvgIpc) is 2.30. The van der Waals surface area contributed by atoms with Crippen LogP contribution < -0.4 is 10.6 Å². The minimum absolute atomic E-state index is 0.327. The molecule has 0 amide bonds. The van der Waals surface area contributed by atoms with Gasteiger partial charge < -0.3 is 10.6 Å². The molecule has 1 aromatic heterocycles. The molecule has 96 valence electrons. The van der Waals surface area contributed by atoms with Crippen molar-refractivity contribution in [2.45, 2.75) is 46.5 Å². The van der Waals surface area contributed by atoms with Crippen LogP contribution in [0, 0.1) is 0 Å². The second-order valence-electron chi connectivity index (χ2n) is 4.09. The van der Waals surface area contributed by atoms with E-state index in [1.807, 2.05) is 0 Å². The Bertz CT molecular complexity index is 340. The summed E-state index contributed by atoms with van der Waals surface area (Å²) < 4.78 is 0. The van der Waals surface area contributed by atoms with Crippen LogP contribution in [-0.4, -0.2) is 28.0 Å². The number of nitrogens with zero attached hydrogens (tertiary/aromatic N) is 4. The number of nitrogen functional groups attached to an aromatic ring is 1. The number of nitrogens with two attached hydrogens (primary N) is 1. The van der Waals surface area contributed by atoms with Crippen LogP contribution in [0.4, 0.5) is 11.9 Å². The minimum atomic E-state index is 0.327. The first-order valence-electron chi connectivity index (χ1n) is 6.46. The molecule has 5 heteroatoms. The van der Waals surface area contributed by atoms with Crippen LogP contribution in [0.15, 0.2) is 0 Å². The molecule has 0 atom stereocenters. The van der Waals surface area contributed by atoms with Crippen LogP contribution >= 0.6 is 0 Å². The van der Waals surface area contributed by atoms with Gasteiger partial charge in [0.25, 0.3) is 0 Å². The highest BCUT2D eigenvalue weighted by Gasteiger charge is 2.10. The Kier molecular flexibility index (Phi) is 5.66. The number of hydrogen-bond acceptors (Lipinski definition) is 5. The standard InChI is InChI=1S/C12H23N5/c1-4-7-9-17(6-3)12-15-10(8-5-2)14-11(13)16-12/h4-9H2,1-3H3,(H2,13,14,15,16). The van der Waals surface area contributed by atoms with Crippen LogP contribution in [0.25, 0.3) is 0 Å². The molecule has 0 aliphatic heterocycles. The number of anilines is 2. The Hall–Kier alpha value is -1.39. The molecule has 0 saturated carbocycles. The summed E-state index contributed by atoms with van der Waals surface area (Å²) in [5, 5.41) is 0. The van der Waals surface area contributed by atoms with Crippen molar-refractivity contribution in [2.75, 3.05) is 23.7 Å². The Morgan fingerprint density at radius 3 is 2.41 bits per heavy atom. The first-order chi connectivity index (χ1) is 8.21. The SMILES string of the molecule is CCCCN(CC)c1nc(N)nc(CCC)n1. The fourth-order valence-corrected chi connectivity index (χ4v) is 1.65. The summed E-state index contributed by atoms with van der Waals surface area (Å²) in [4.78, 5) is 15.0. The average molecular weight is 237 g/mol. The Balaban J connectivity index is 2.85. The van der Waals surface area contributed by atoms with Crippen LogP contribution in [-0.2, 0) is 6.42 Å². The van der Waals surface area contributed by atoms with Gasteiger partial charge in [0.1, 0.15) is 5.82 Å². The fourth-order valence-electron chi connectivity index (χ4n) is 1.65. The van der Waals surface area contributed by atoms with E-state index in [1.165, 1.54) is 6.42 Å². The van der Waals surface area contributed by atoms with E-state index in [0.717, 1.165) is 44.1 Å². The number of aryl methyl sites for hydroxylation is 1. The molecule has 0 aliphatic rings. The van der Waals surface area contributed by atoms with Gasteiger partial charge in [-0.1, -0.05) is 20.3 Å². The van der Waals surface area contributed by atoms with Gasteiger partial charge in [0.2, 0.25) is 11.9 Å². The minimum Gasteiger partial charge on any atom is -0.368 e. The number of unbranched alkanes of at least 4 members (excludes halogenated alkanes) is 1. The van der Waals surface area contributed by atoms with Gasteiger partial charge in [0.15, 0.2) is 0 Å². The molecule has 1 heterocycles. The Morgan fingerprint density at radius 1 is 1.06 bits per heavy atom. The lowest BCUT2D eigenvalue weighted by molar-refractivity contribution is 0.703. The molecule has 0 fully saturated rings. The van der Waals surface area contributed by atoms with Crippen LogP contribution in [0.3, 0.4) is 0 Å². The molecule has 0 unspecified atom stereocenters. The van der Waals surface area contributed by atoms with Gasteiger partial charge in [-0.25, -0.2) is 0 Å². The molecule has 0 saturated heterocycles. The highest BCUT2D eigenvalue weighted by Crippen LogP contribution is 2.11. The molecular formula is C12H23N5. The van der Waals surface area contributed by atoms with E-state index >= 15 is 0 Å². The number of rotatable bonds is 7. The van der Waals surface area contributed by atoms with E-state index in [1.54, 1.807) is 0 Å². The molecule has 17 heavy (non-hydrogen) atoms. The van der Waals surface area contributed by atoms with Crippen molar-refractivity contribution in [3.63, 3.8) is 0 Å². The first-order valence-corrected chi connectivity index (χ1v) is 6.46. The number of hydrogen-bond donors (Lipinski definition) is 1. The van der Waals surface area contributed by atoms with Crippen LogP contribution in [0.2, 0.25) is 0 Å². The van der Waals surface area contributed by atoms with E-state index in [9.17, 15) is 0 Å². The van der Waals surface area contributed by atoms with Crippen molar-refractivity contribution in [2.24, 2.45) is 0 Å². The smallest absolute Gasteiger partial charge is 0.230 e. The predicted octanol–water partition coefficient (Wildman–Crippen LogP) is 2.03. The summed E-state index contributed by atoms with van der Waals surface area (Å²) in [5.74, 6) is 1.84. The van der Waals surface area contributed by atoms with Gasteiger partial charge in [-0.2, -0.15) is 15.0 Å². The predicted molar refractivity (Wildman–Crippen MR) is 71.0 cm³/mol. The van der Waals surface area contributed by atoms with Crippen molar-refractivity contribution in [3.05, 3.63) is 5.82 Å². The van der Waals surface area contributed by atoms with E-state index in [0.29, 0.717) is 5.95 Å². The van der Waals surface area contributed by atoms with Gasteiger partial charge in [-0.3, -0.25) is 0 Å². The second-order valence-corrected chi connectivity index (χ2v) is 4.09. The van der Waals surface area contributed by atoms with Gasteiger partial charge in [-0.15, -0.1) is 0 Å². The molecule has 5 nitrogen and oxygen atoms in total. The highest BCUT2D eigenvalue weighted by molar-refractivity contribution is 5.34. The third-order valence-corrected chi connectivity index (χ3v) is 2.61. The maximum atomic E-state index is 5.72. The van der Waals surface area contributed by atoms with Gasteiger partial charge in [0.05, 0.1) is 0 Å². The lowest BCUT2D eigenvalue weighted by atomic mass is 10.3. The van der Waals surface area contributed by atoms with Crippen molar-refractivity contribution in [1.82, 2.24) is 15.0 Å². The summed E-state index contributed by atoms with van der Waals surface area (Å²) in [6, 6.07) is 0. The van der Waals surface area contributed by atoms with Crippen LogP contribution in [0.1, 0.15) is 45.9 Å². The summed E-state index contributed by atoms with van der Waals surface area (Å²) in [6.45, 7) is 8.26. The monoisotopic (exact) mass is 237 g/mol. The Morgan fingerprint density at radius 2 is 1.82 bits per heavy atom. The lowest BCUT2D eigenvalue weighted by Gasteiger charge is -2.20. The molecule has 0 radical (unpaired) electrons. The largest absolute Gasteiger partial charge is 0.368 e. The van der Waals surface area contributed by atoms with Gasteiger partial charge in [-0.05, 0) is 19.8 Å². The fraction of sp³-hybridized carbons (Fsp3) is 0.750. The van der Waals surface area contributed by atoms with Crippen molar-refractivity contribution in [1.29, 1.82) is 0 Å². The zero-order valence-corrected chi connectivity index (χ0v) is 11.1. The number of aromatic nitrogens is 3. The molecule has 0 bridgehead atoms. The van der Waals surface area contributed by atoms with E-state index in [-0.39, 0.29) is 0 Å². The van der Waals surface area contributed by atoms with E-state index in [2.05, 4.69) is 40.6 Å². The molecule has 1 rings (SSSR count). The van der Waals surface area contributed by atoms with Crippen molar-refractivity contribution >= 4 is 11.9 Å². The third-order valence-electron chi connectivity index (χ3n) is 2.61. The first kappa shape index (κ1) is 13.7.